The molecule has 1 amide bonds. The molecule has 4 N–H and O–H groups in total. The van der Waals surface area contributed by atoms with Gasteiger partial charge in [0, 0.05) is 6.04 Å². The minimum absolute atomic E-state index is 0.0402. The lowest BCUT2D eigenvalue weighted by molar-refractivity contribution is -0.132. The summed E-state index contributed by atoms with van der Waals surface area (Å²) < 4.78 is 0. The molecule has 104 valence electrons. The predicted octanol–water partition coefficient (Wildman–Crippen LogP) is 1.31. The average Bonchev–Trinajstić information content (AvgIpc) is 2.56. The van der Waals surface area contributed by atoms with Gasteiger partial charge in [-0.2, -0.15) is 0 Å². The summed E-state index contributed by atoms with van der Waals surface area (Å²) >= 11 is 0. The molecule has 18 heavy (non-hydrogen) atoms. The molecule has 4 heteroatoms. The monoisotopic (exact) mass is 254 g/mol. The SMILES string of the molecule is CC1(C(=O)NC2CCCCCC2O)CCCC1N. The van der Waals surface area contributed by atoms with E-state index >= 15 is 0 Å². The van der Waals surface area contributed by atoms with Crippen molar-refractivity contribution in [3.63, 3.8) is 0 Å². The summed E-state index contributed by atoms with van der Waals surface area (Å²) in [5.74, 6) is 0.0402. The lowest BCUT2D eigenvalue weighted by atomic mass is 9.83. The van der Waals surface area contributed by atoms with Crippen molar-refractivity contribution in [3.8, 4) is 0 Å². The second-order valence-electron chi connectivity index (χ2n) is 6.20. The van der Waals surface area contributed by atoms with Crippen molar-refractivity contribution < 1.29 is 9.90 Å². The molecule has 4 unspecified atom stereocenters. The lowest BCUT2D eigenvalue weighted by Gasteiger charge is -2.31. The van der Waals surface area contributed by atoms with Gasteiger partial charge in [0.15, 0.2) is 0 Å². The van der Waals surface area contributed by atoms with Gasteiger partial charge in [0.25, 0.3) is 0 Å². The fourth-order valence-corrected chi connectivity index (χ4v) is 3.26. The van der Waals surface area contributed by atoms with Crippen LogP contribution in [0.15, 0.2) is 0 Å². The maximum Gasteiger partial charge on any atom is 0.227 e. The Morgan fingerprint density at radius 2 is 1.94 bits per heavy atom. The summed E-state index contributed by atoms with van der Waals surface area (Å²) in [6.45, 7) is 1.96. The fourth-order valence-electron chi connectivity index (χ4n) is 3.26. The standard InChI is InChI=1S/C14H26N2O2/c1-14(9-5-8-12(14)15)13(18)16-10-6-3-2-4-7-11(10)17/h10-12,17H,2-9,15H2,1H3,(H,16,18). The van der Waals surface area contributed by atoms with E-state index in [0.29, 0.717) is 0 Å². The second-order valence-corrected chi connectivity index (χ2v) is 6.20. The number of carbonyl (C=O) groups is 1. The summed E-state index contributed by atoms with van der Waals surface area (Å²) in [6.07, 6.45) is 7.41. The molecule has 0 bridgehead atoms. The Hall–Kier alpha value is -0.610. The summed E-state index contributed by atoms with van der Waals surface area (Å²) in [6, 6.07) is -0.120. The van der Waals surface area contributed by atoms with E-state index in [9.17, 15) is 9.90 Å². The third-order valence-corrected chi connectivity index (χ3v) is 4.84. The molecule has 0 heterocycles. The van der Waals surface area contributed by atoms with Crippen molar-refractivity contribution in [1.82, 2.24) is 5.32 Å². The van der Waals surface area contributed by atoms with Crippen LogP contribution in [0.25, 0.3) is 0 Å². The molecule has 2 saturated carbocycles. The third-order valence-electron chi connectivity index (χ3n) is 4.84. The van der Waals surface area contributed by atoms with E-state index in [1.165, 1.54) is 0 Å². The van der Waals surface area contributed by atoms with Crippen LogP contribution in [0.5, 0.6) is 0 Å². The van der Waals surface area contributed by atoms with E-state index in [4.69, 9.17) is 5.73 Å². The highest BCUT2D eigenvalue weighted by Gasteiger charge is 2.43. The predicted molar refractivity (Wildman–Crippen MR) is 71.0 cm³/mol. The first-order chi connectivity index (χ1) is 8.54. The van der Waals surface area contributed by atoms with E-state index in [2.05, 4.69) is 5.32 Å². The van der Waals surface area contributed by atoms with Gasteiger partial charge in [-0.15, -0.1) is 0 Å². The van der Waals surface area contributed by atoms with Crippen molar-refractivity contribution in [1.29, 1.82) is 0 Å². The molecule has 0 radical (unpaired) electrons. The zero-order valence-corrected chi connectivity index (χ0v) is 11.3. The van der Waals surface area contributed by atoms with Gasteiger partial charge in [-0.25, -0.2) is 0 Å². The average molecular weight is 254 g/mol. The maximum atomic E-state index is 12.4. The molecule has 2 aliphatic rings. The molecule has 2 rings (SSSR count). The van der Waals surface area contributed by atoms with Crippen LogP contribution in [0.2, 0.25) is 0 Å². The molecule has 2 aliphatic carbocycles. The first-order valence-corrected chi connectivity index (χ1v) is 7.28. The van der Waals surface area contributed by atoms with Crippen LogP contribution in [-0.4, -0.2) is 29.2 Å². The number of hydrogen-bond acceptors (Lipinski definition) is 3. The van der Waals surface area contributed by atoms with E-state index in [-0.39, 0.29) is 18.0 Å². The molecule has 4 nitrogen and oxygen atoms in total. The number of hydrogen-bond donors (Lipinski definition) is 3. The van der Waals surface area contributed by atoms with E-state index in [0.717, 1.165) is 51.4 Å². The van der Waals surface area contributed by atoms with Crippen molar-refractivity contribution in [2.75, 3.05) is 0 Å². The van der Waals surface area contributed by atoms with Crippen molar-refractivity contribution in [2.24, 2.45) is 11.1 Å². The first kappa shape index (κ1) is 13.8. The minimum Gasteiger partial charge on any atom is -0.391 e. The Labute approximate surface area is 109 Å². The van der Waals surface area contributed by atoms with E-state index < -0.39 is 11.5 Å². The van der Waals surface area contributed by atoms with Gasteiger partial charge in [-0.05, 0) is 32.6 Å². The molecule has 0 aliphatic heterocycles. The molecule has 4 atom stereocenters. The highest BCUT2D eigenvalue weighted by molar-refractivity contribution is 5.83. The van der Waals surface area contributed by atoms with Crippen LogP contribution in [0.4, 0.5) is 0 Å². The Balaban J connectivity index is 1.97. The van der Waals surface area contributed by atoms with Crippen molar-refractivity contribution in [2.45, 2.75) is 76.5 Å². The fraction of sp³-hybridized carbons (Fsp3) is 0.929. The quantitative estimate of drug-likeness (QED) is 0.650. The molecular formula is C14H26N2O2. The second kappa shape index (κ2) is 5.57. The summed E-state index contributed by atoms with van der Waals surface area (Å²) in [5.41, 5.74) is 5.62. The third kappa shape index (κ3) is 2.69. The lowest BCUT2D eigenvalue weighted by Crippen LogP contribution is -2.52. The Morgan fingerprint density at radius 1 is 1.22 bits per heavy atom. The van der Waals surface area contributed by atoms with Crippen LogP contribution in [0, 0.1) is 5.41 Å². The number of aliphatic hydroxyl groups is 1. The molecular weight excluding hydrogens is 228 g/mol. The highest BCUT2D eigenvalue weighted by Crippen LogP contribution is 2.37. The Bertz CT molecular complexity index is 308. The summed E-state index contributed by atoms with van der Waals surface area (Å²) in [4.78, 5) is 12.4. The Kier molecular flexibility index (Phi) is 4.28. The minimum atomic E-state index is -0.438. The zero-order valence-electron chi connectivity index (χ0n) is 11.3. The topological polar surface area (TPSA) is 75.3 Å². The van der Waals surface area contributed by atoms with Gasteiger partial charge in [-0.1, -0.05) is 25.7 Å². The van der Waals surface area contributed by atoms with Crippen LogP contribution < -0.4 is 11.1 Å². The molecule has 0 spiro atoms. The van der Waals surface area contributed by atoms with Crippen LogP contribution in [0.1, 0.15) is 58.3 Å². The zero-order chi connectivity index (χ0) is 13.2. The van der Waals surface area contributed by atoms with E-state index in [1.807, 2.05) is 6.92 Å². The van der Waals surface area contributed by atoms with Crippen molar-refractivity contribution in [3.05, 3.63) is 0 Å². The summed E-state index contributed by atoms with van der Waals surface area (Å²) in [7, 11) is 0. The number of nitrogens with one attached hydrogen (secondary N) is 1. The smallest absolute Gasteiger partial charge is 0.227 e. The molecule has 0 aromatic carbocycles. The normalized spacial score (nSPS) is 41.4. The number of nitrogens with two attached hydrogens (primary N) is 1. The number of carbonyl (C=O) groups excluding carboxylic acids is 1. The largest absolute Gasteiger partial charge is 0.391 e. The first-order valence-electron chi connectivity index (χ1n) is 7.28. The van der Waals surface area contributed by atoms with Gasteiger partial charge in [0.1, 0.15) is 0 Å². The molecule has 0 aromatic heterocycles. The number of amides is 1. The van der Waals surface area contributed by atoms with Gasteiger partial charge in [-0.3, -0.25) is 4.79 Å². The van der Waals surface area contributed by atoms with Gasteiger partial charge < -0.3 is 16.2 Å². The molecule has 0 saturated heterocycles. The summed E-state index contributed by atoms with van der Waals surface area (Å²) in [5, 5.41) is 13.1. The van der Waals surface area contributed by atoms with Gasteiger partial charge in [0.2, 0.25) is 5.91 Å². The van der Waals surface area contributed by atoms with Gasteiger partial charge in [0.05, 0.1) is 17.6 Å². The molecule has 2 fully saturated rings. The highest BCUT2D eigenvalue weighted by atomic mass is 16.3. The number of rotatable bonds is 2. The van der Waals surface area contributed by atoms with Gasteiger partial charge >= 0.3 is 0 Å². The Morgan fingerprint density at radius 3 is 2.61 bits per heavy atom. The van der Waals surface area contributed by atoms with Crippen LogP contribution in [0.3, 0.4) is 0 Å². The van der Waals surface area contributed by atoms with Crippen LogP contribution in [-0.2, 0) is 4.79 Å². The maximum absolute atomic E-state index is 12.4. The van der Waals surface area contributed by atoms with Crippen LogP contribution >= 0.6 is 0 Å². The molecule has 0 aromatic rings. The van der Waals surface area contributed by atoms with Crippen molar-refractivity contribution >= 4 is 5.91 Å². The van der Waals surface area contributed by atoms with E-state index in [1.54, 1.807) is 0 Å². The number of aliphatic hydroxyl groups excluding tert-OH is 1.